The molecule has 0 bridgehead atoms. The number of likely N-dealkylation sites (tertiary alicyclic amines) is 1. The summed E-state index contributed by atoms with van der Waals surface area (Å²) >= 11 is 2.28. The number of amides is 1. The van der Waals surface area contributed by atoms with Crippen LogP contribution in [0, 0.1) is 9.49 Å². The molecule has 1 aliphatic heterocycles. The summed E-state index contributed by atoms with van der Waals surface area (Å²) in [6.07, 6.45) is 2.62. The number of nitrogens with two attached hydrogens (primary N) is 1. The monoisotopic (exact) mass is 408 g/mol. The molecule has 2 rings (SSSR count). The molecule has 1 amide bonds. The predicted molar refractivity (Wildman–Crippen MR) is 93.1 cm³/mol. The van der Waals surface area contributed by atoms with Crippen LogP contribution in [0.15, 0.2) is 24.3 Å². The summed E-state index contributed by atoms with van der Waals surface area (Å²) in [4.78, 5) is 14.4. The van der Waals surface area contributed by atoms with Gasteiger partial charge in [0.15, 0.2) is 0 Å². The van der Waals surface area contributed by atoms with Gasteiger partial charge in [0, 0.05) is 22.7 Å². The first kappa shape index (κ1) is 17.7. The van der Waals surface area contributed by atoms with E-state index in [4.69, 9.17) is 5.73 Å². The Morgan fingerprint density at radius 3 is 2.90 bits per heavy atom. The summed E-state index contributed by atoms with van der Waals surface area (Å²) in [7, 11) is 0. The standard InChI is InChI=1S/C15H21IN2O.ClH/c1-11-5-6-18(14(7-11)10-17)15(19)9-12-3-2-4-13(16)8-12;/h2-4,8,11,14H,5-7,9-10,17H2,1H3;1H. The van der Waals surface area contributed by atoms with Crippen LogP contribution in [0.5, 0.6) is 0 Å². The van der Waals surface area contributed by atoms with Crippen molar-refractivity contribution in [3.63, 3.8) is 0 Å². The van der Waals surface area contributed by atoms with Gasteiger partial charge < -0.3 is 10.6 Å². The van der Waals surface area contributed by atoms with Crippen LogP contribution in [0.3, 0.4) is 0 Å². The van der Waals surface area contributed by atoms with Crippen molar-refractivity contribution in [1.82, 2.24) is 4.90 Å². The minimum absolute atomic E-state index is 0. The topological polar surface area (TPSA) is 46.3 Å². The second-order valence-electron chi connectivity index (χ2n) is 5.41. The molecule has 20 heavy (non-hydrogen) atoms. The second-order valence-corrected chi connectivity index (χ2v) is 6.66. The summed E-state index contributed by atoms with van der Waals surface area (Å²) in [6, 6.07) is 8.36. The van der Waals surface area contributed by atoms with Crippen molar-refractivity contribution in [2.24, 2.45) is 11.7 Å². The molecule has 2 N–H and O–H groups in total. The molecule has 0 spiro atoms. The van der Waals surface area contributed by atoms with Crippen molar-refractivity contribution >= 4 is 40.9 Å². The third kappa shape index (κ3) is 4.60. The van der Waals surface area contributed by atoms with Gasteiger partial charge in [-0.25, -0.2) is 0 Å². The SMILES string of the molecule is CC1CCN(C(=O)Cc2cccc(I)c2)C(CN)C1.Cl. The Morgan fingerprint density at radius 1 is 1.50 bits per heavy atom. The Balaban J connectivity index is 0.00000200. The van der Waals surface area contributed by atoms with Crippen LogP contribution < -0.4 is 5.73 Å². The van der Waals surface area contributed by atoms with E-state index in [0.717, 1.165) is 24.9 Å². The number of hydrogen-bond acceptors (Lipinski definition) is 2. The van der Waals surface area contributed by atoms with E-state index >= 15 is 0 Å². The Kier molecular flexibility index (Phi) is 7.26. The highest BCUT2D eigenvalue weighted by atomic mass is 127. The number of piperidine rings is 1. The van der Waals surface area contributed by atoms with E-state index in [0.29, 0.717) is 18.9 Å². The lowest BCUT2D eigenvalue weighted by Gasteiger charge is -2.38. The Hall–Kier alpha value is -0.330. The van der Waals surface area contributed by atoms with Gasteiger partial charge in [-0.2, -0.15) is 0 Å². The maximum absolute atomic E-state index is 12.4. The molecule has 0 radical (unpaired) electrons. The van der Waals surface area contributed by atoms with Crippen molar-refractivity contribution in [3.05, 3.63) is 33.4 Å². The summed E-state index contributed by atoms with van der Waals surface area (Å²) in [5.41, 5.74) is 6.91. The number of benzene rings is 1. The van der Waals surface area contributed by atoms with Gasteiger partial charge in [-0.3, -0.25) is 4.79 Å². The van der Waals surface area contributed by atoms with Gasteiger partial charge in [0.25, 0.3) is 0 Å². The molecular weight excluding hydrogens is 387 g/mol. The molecule has 112 valence electrons. The molecule has 1 heterocycles. The molecule has 1 fully saturated rings. The third-order valence-electron chi connectivity index (χ3n) is 3.81. The smallest absolute Gasteiger partial charge is 0.227 e. The second kappa shape index (κ2) is 8.20. The fraction of sp³-hybridized carbons (Fsp3) is 0.533. The summed E-state index contributed by atoms with van der Waals surface area (Å²) in [5.74, 6) is 0.889. The lowest BCUT2D eigenvalue weighted by Crippen LogP contribution is -2.49. The van der Waals surface area contributed by atoms with Gasteiger partial charge in [-0.1, -0.05) is 19.1 Å². The number of hydrogen-bond donors (Lipinski definition) is 1. The highest BCUT2D eigenvalue weighted by Gasteiger charge is 2.28. The Morgan fingerprint density at radius 2 is 2.25 bits per heavy atom. The number of rotatable bonds is 3. The number of halogens is 2. The van der Waals surface area contributed by atoms with Gasteiger partial charge in [0.2, 0.25) is 5.91 Å². The van der Waals surface area contributed by atoms with Crippen LogP contribution >= 0.6 is 35.0 Å². The molecular formula is C15H22ClIN2O. The minimum Gasteiger partial charge on any atom is -0.338 e. The largest absolute Gasteiger partial charge is 0.338 e. The molecule has 2 unspecified atom stereocenters. The van der Waals surface area contributed by atoms with Gasteiger partial charge in [-0.15, -0.1) is 12.4 Å². The van der Waals surface area contributed by atoms with Crippen molar-refractivity contribution < 1.29 is 4.79 Å². The number of carbonyl (C=O) groups excluding carboxylic acids is 1. The summed E-state index contributed by atoms with van der Waals surface area (Å²) in [5, 5.41) is 0. The van der Waals surface area contributed by atoms with Gasteiger partial charge in [0.1, 0.15) is 0 Å². The number of nitrogens with zero attached hydrogens (tertiary/aromatic N) is 1. The Bertz CT molecular complexity index is 455. The highest BCUT2D eigenvalue weighted by Crippen LogP contribution is 2.22. The first-order chi connectivity index (χ1) is 9.10. The molecule has 3 nitrogen and oxygen atoms in total. The van der Waals surface area contributed by atoms with Crippen LogP contribution in [-0.2, 0) is 11.2 Å². The van der Waals surface area contributed by atoms with Crippen LogP contribution in [0.2, 0.25) is 0 Å². The van der Waals surface area contributed by atoms with Crippen LogP contribution in [0.25, 0.3) is 0 Å². The van der Waals surface area contributed by atoms with Gasteiger partial charge >= 0.3 is 0 Å². The average Bonchev–Trinajstić information content (AvgIpc) is 2.38. The van der Waals surface area contributed by atoms with Crippen molar-refractivity contribution in [2.75, 3.05) is 13.1 Å². The molecule has 0 aromatic heterocycles. The Labute approximate surface area is 140 Å². The van der Waals surface area contributed by atoms with Crippen molar-refractivity contribution in [1.29, 1.82) is 0 Å². The fourth-order valence-corrected chi connectivity index (χ4v) is 3.33. The molecule has 1 aromatic carbocycles. The zero-order valence-corrected chi connectivity index (χ0v) is 14.7. The maximum atomic E-state index is 12.4. The van der Waals surface area contributed by atoms with Crippen LogP contribution in [0.4, 0.5) is 0 Å². The first-order valence-corrected chi connectivity index (χ1v) is 7.92. The van der Waals surface area contributed by atoms with E-state index in [-0.39, 0.29) is 24.4 Å². The highest BCUT2D eigenvalue weighted by molar-refractivity contribution is 14.1. The van der Waals surface area contributed by atoms with E-state index in [1.54, 1.807) is 0 Å². The normalized spacial score (nSPS) is 22.2. The van der Waals surface area contributed by atoms with Crippen molar-refractivity contribution in [3.8, 4) is 0 Å². The molecule has 1 aromatic rings. The third-order valence-corrected chi connectivity index (χ3v) is 4.49. The van der Waals surface area contributed by atoms with Gasteiger partial charge in [-0.05, 0) is 59.0 Å². The zero-order valence-electron chi connectivity index (χ0n) is 11.7. The van der Waals surface area contributed by atoms with E-state index in [1.807, 2.05) is 23.1 Å². The molecule has 0 saturated carbocycles. The first-order valence-electron chi connectivity index (χ1n) is 6.84. The lowest BCUT2D eigenvalue weighted by molar-refractivity contribution is -0.134. The van der Waals surface area contributed by atoms with E-state index in [9.17, 15) is 4.79 Å². The number of carbonyl (C=O) groups is 1. The summed E-state index contributed by atoms with van der Waals surface area (Å²) in [6.45, 7) is 3.66. The summed E-state index contributed by atoms with van der Waals surface area (Å²) < 4.78 is 1.17. The lowest BCUT2D eigenvalue weighted by atomic mass is 9.92. The average molecular weight is 409 g/mol. The van der Waals surface area contributed by atoms with E-state index < -0.39 is 0 Å². The maximum Gasteiger partial charge on any atom is 0.227 e. The van der Waals surface area contributed by atoms with E-state index in [1.165, 1.54) is 3.57 Å². The van der Waals surface area contributed by atoms with Crippen LogP contribution in [0.1, 0.15) is 25.3 Å². The molecule has 2 atom stereocenters. The fourth-order valence-electron chi connectivity index (χ4n) is 2.73. The zero-order chi connectivity index (χ0) is 13.8. The minimum atomic E-state index is 0. The van der Waals surface area contributed by atoms with Crippen LogP contribution in [-0.4, -0.2) is 29.9 Å². The van der Waals surface area contributed by atoms with Crippen molar-refractivity contribution in [2.45, 2.75) is 32.2 Å². The molecule has 5 heteroatoms. The predicted octanol–water partition coefficient (Wildman–Crippen LogP) is 2.84. The quantitative estimate of drug-likeness (QED) is 0.782. The van der Waals surface area contributed by atoms with E-state index in [2.05, 4.69) is 35.6 Å². The molecule has 1 saturated heterocycles. The molecule has 1 aliphatic rings. The molecule has 0 aliphatic carbocycles. The van der Waals surface area contributed by atoms with Gasteiger partial charge in [0.05, 0.1) is 6.42 Å².